The van der Waals surface area contributed by atoms with E-state index in [9.17, 15) is 4.79 Å². The van der Waals surface area contributed by atoms with Crippen LogP contribution in [0.25, 0.3) is 0 Å². The van der Waals surface area contributed by atoms with Gasteiger partial charge >= 0.3 is 0 Å². The number of nitrogens with one attached hydrogen (secondary N) is 1. The van der Waals surface area contributed by atoms with Crippen LogP contribution in [0.2, 0.25) is 0 Å². The minimum Gasteiger partial charge on any atom is -0.496 e. The predicted molar refractivity (Wildman–Crippen MR) is 88.8 cm³/mol. The molecule has 0 atom stereocenters. The van der Waals surface area contributed by atoms with Crippen LogP contribution in [0.3, 0.4) is 0 Å². The van der Waals surface area contributed by atoms with Gasteiger partial charge in [0.1, 0.15) is 5.75 Å². The minimum absolute atomic E-state index is 0.0193. The summed E-state index contributed by atoms with van der Waals surface area (Å²) in [5.41, 5.74) is 3.04. The third-order valence-corrected chi connectivity index (χ3v) is 3.76. The Balaban J connectivity index is 1.89. The van der Waals surface area contributed by atoms with Crippen LogP contribution in [0.1, 0.15) is 17.5 Å². The van der Waals surface area contributed by atoms with Gasteiger partial charge in [-0.1, -0.05) is 28.1 Å². The second kappa shape index (κ2) is 7.27. The lowest BCUT2D eigenvalue weighted by Gasteiger charge is -2.08. The van der Waals surface area contributed by atoms with E-state index in [2.05, 4.69) is 27.3 Å². The van der Waals surface area contributed by atoms with Crippen LogP contribution in [0.15, 0.2) is 46.9 Å². The number of anilines is 1. The van der Waals surface area contributed by atoms with Crippen molar-refractivity contribution in [2.45, 2.75) is 19.8 Å². The zero-order valence-electron chi connectivity index (χ0n) is 12.2. The Hall–Kier alpha value is -1.81. The summed E-state index contributed by atoms with van der Waals surface area (Å²) >= 11 is 3.37. The molecule has 0 spiro atoms. The summed E-state index contributed by atoms with van der Waals surface area (Å²) in [4.78, 5) is 11.9. The highest BCUT2D eigenvalue weighted by molar-refractivity contribution is 9.10. The largest absolute Gasteiger partial charge is 0.496 e. The Kier molecular flexibility index (Phi) is 5.39. The van der Waals surface area contributed by atoms with Gasteiger partial charge in [0.05, 0.1) is 7.11 Å². The van der Waals surface area contributed by atoms with Gasteiger partial charge in [0.15, 0.2) is 0 Å². The molecule has 110 valence electrons. The predicted octanol–water partition coefficient (Wildman–Crippen LogP) is 4.34. The fourth-order valence-electron chi connectivity index (χ4n) is 2.11. The number of carbonyl (C=O) groups excluding carboxylic acids is 1. The van der Waals surface area contributed by atoms with Crippen molar-refractivity contribution in [1.82, 2.24) is 0 Å². The van der Waals surface area contributed by atoms with E-state index in [-0.39, 0.29) is 5.91 Å². The second-order valence-electron chi connectivity index (χ2n) is 4.86. The Morgan fingerprint density at radius 1 is 1.19 bits per heavy atom. The van der Waals surface area contributed by atoms with E-state index in [1.807, 2.05) is 43.3 Å². The standard InChI is InChI=1S/C17H18BrNO2/c1-12-11-13(3-9-16(12)21-2)4-10-17(20)19-15-7-5-14(18)6-8-15/h3,5-9,11H,4,10H2,1-2H3,(H,19,20). The van der Waals surface area contributed by atoms with Gasteiger partial charge in [-0.15, -0.1) is 0 Å². The number of aryl methyl sites for hydroxylation is 2. The molecule has 2 aromatic rings. The molecule has 0 radical (unpaired) electrons. The Bertz CT molecular complexity index is 623. The Morgan fingerprint density at radius 3 is 2.52 bits per heavy atom. The number of hydrogen-bond donors (Lipinski definition) is 1. The average Bonchev–Trinajstić information content (AvgIpc) is 2.48. The zero-order valence-corrected chi connectivity index (χ0v) is 13.7. The number of halogens is 1. The molecule has 0 saturated heterocycles. The molecule has 0 aliphatic carbocycles. The van der Waals surface area contributed by atoms with Gasteiger partial charge in [0.2, 0.25) is 5.91 Å². The van der Waals surface area contributed by atoms with E-state index < -0.39 is 0 Å². The highest BCUT2D eigenvalue weighted by atomic mass is 79.9. The molecule has 3 nitrogen and oxygen atoms in total. The number of amides is 1. The SMILES string of the molecule is COc1ccc(CCC(=O)Nc2ccc(Br)cc2)cc1C. The maximum atomic E-state index is 11.9. The molecule has 0 bridgehead atoms. The van der Waals surface area contributed by atoms with E-state index >= 15 is 0 Å². The Labute approximate surface area is 133 Å². The van der Waals surface area contributed by atoms with Crippen LogP contribution in [-0.2, 0) is 11.2 Å². The summed E-state index contributed by atoms with van der Waals surface area (Å²) in [6, 6.07) is 13.6. The van der Waals surface area contributed by atoms with Gasteiger partial charge in [-0.3, -0.25) is 4.79 Å². The Morgan fingerprint density at radius 2 is 1.90 bits per heavy atom. The van der Waals surface area contributed by atoms with Gasteiger partial charge in [-0.2, -0.15) is 0 Å². The first-order chi connectivity index (χ1) is 10.1. The minimum atomic E-state index is 0.0193. The molecule has 21 heavy (non-hydrogen) atoms. The molecule has 0 saturated carbocycles. The smallest absolute Gasteiger partial charge is 0.224 e. The van der Waals surface area contributed by atoms with Crippen molar-refractivity contribution in [3.05, 3.63) is 58.1 Å². The van der Waals surface area contributed by atoms with Crippen molar-refractivity contribution in [1.29, 1.82) is 0 Å². The maximum Gasteiger partial charge on any atom is 0.224 e. The molecule has 2 aromatic carbocycles. The lowest BCUT2D eigenvalue weighted by Crippen LogP contribution is -2.12. The first-order valence-corrected chi connectivity index (χ1v) is 7.56. The third-order valence-electron chi connectivity index (χ3n) is 3.23. The summed E-state index contributed by atoms with van der Waals surface area (Å²) in [6.45, 7) is 2.00. The number of hydrogen-bond acceptors (Lipinski definition) is 2. The molecule has 1 amide bonds. The normalized spacial score (nSPS) is 10.2. The van der Waals surface area contributed by atoms with Crippen molar-refractivity contribution in [2.75, 3.05) is 12.4 Å². The van der Waals surface area contributed by atoms with Gasteiger partial charge in [-0.05, 0) is 54.8 Å². The molecular formula is C17H18BrNO2. The van der Waals surface area contributed by atoms with Gasteiger partial charge < -0.3 is 10.1 Å². The number of rotatable bonds is 5. The van der Waals surface area contributed by atoms with Crippen LogP contribution in [0.4, 0.5) is 5.69 Å². The molecule has 0 fully saturated rings. The number of methoxy groups -OCH3 is 1. The number of carbonyl (C=O) groups is 1. The van der Waals surface area contributed by atoms with Gasteiger partial charge in [0, 0.05) is 16.6 Å². The quantitative estimate of drug-likeness (QED) is 0.873. The summed E-state index contributed by atoms with van der Waals surface area (Å²) in [7, 11) is 1.66. The topological polar surface area (TPSA) is 38.3 Å². The van der Waals surface area contributed by atoms with E-state index in [0.717, 1.165) is 27.0 Å². The molecule has 2 rings (SSSR count). The maximum absolute atomic E-state index is 11.9. The third kappa shape index (κ3) is 4.60. The highest BCUT2D eigenvalue weighted by Gasteiger charge is 2.05. The van der Waals surface area contributed by atoms with Crippen LogP contribution in [0.5, 0.6) is 5.75 Å². The summed E-state index contributed by atoms with van der Waals surface area (Å²) in [5, 5.41) is 2.89. The fraction of sp³-hybridized carbons (Fsp3) is 0.235. The second-order valence-corrected chi connectivity index (χ2v) is 5.77. The molecule has 4 heteroatoms. The van der Waals surface area contributed by atoms with Crippen LogP contribution in [0, 0.1) is 6.92 Å². The molecule has 0 unspecified atom stereocenters. The fourth-order valence-corrected chi connectivity index (χ4v) is 2.37. The van der Waals surface area contributed by atoms with Crippen LogP contribution < -0.4 is 10.1 Å². The summed E-state index contributed by atoms with van der Waals surface area (Å²) < 4.78 is 6.23. The summed E-state index contributed by atoms with van der Waals surface area (Å²) in [6.07, 6.45) is 1.18. The number of ether oxygens (including phenoxy) is 1. The van der Waals surface area contributed by atoms with Crippen molar-refractivity contribution >= 4 is 27.5 Å². The lowest BCUT2D eigenvalue weighted by molar-refractivity contribution is -0.116. The average molecular weight is 348 g/mol. The molecule has 0 aliphatic heterocycles. The molecular weight excluding hydrogens is 330 g/mol. The van der Waals surface area contributed by atoms with E-state index in [4.69, 9.17) is 4.74 Å². The summed E-state index contributed by atoms with van der Waals surface area (Å²) in [5.74, 6) is 0.892. The molecule has 1 N–H and O–H groups in total. The van der Waals surface area contributed by atoms with E-state index in [1.54, 1.807) is 7.11 Å². The highest BCUT2D eigenvalue weighted by Crippen LogP contribution is 2.19. The number of benzene rings is 2. The monoisotopic (exact) mass is 347 g/mol. The van der Waals surface area contributed by atoms with Crippen molar-refractivity contribution in [2.24, 2.45) is 0 Å². The van der Waals surface area contributed by atoms with Crippen LogP contribution in [-0.4, -0.2) is 13.0 Å². The molecule has 0 aliphatic rings. The first kappa shape index (κ1) is 15.6. The van der Waals surface area contributed by atoms with Crippen molar-refractivity contribution < 1.29 is 9.53 Å². The van der Waals surface area contributed by atoms with Crippen molar-refractivity contribution in [3.63, 3.8) is 0 Å². The van der Waals surface area contributed by atoms with Gasteiger partial charge in [-0.25, -0.2) is 0 Å². The molecule has 0 aromatic heterocycles. The first-order valence-electron chi connectivity index (χ1n) is 6.77. The zero-order chi connectivity index (χ0) is 15.2. The molecule has 0 heterocycles. The van der Waals surface area contributed by atoms with Crippen molar-refractivity contribution in [3.8, 4) is 5.75 Å². The van der Waals surface area contributed by atoms with Gasteiger partial charge in [0.25, 0.3) is 0 Å². The van der Waals surface area contributed by atoms with Crippen LogP contribution >= 0.6 is 15.9 Å². The van der Waals surface area contributed by atoms with E-state index in [1.165, 1.54) is 0 Å². The lowest BCUT2D eigenvalue weighted by atomic mass is 10.1. The van der Waals surface area contributed by atoms with E-state index in [0.29, 0.717) is 12.8 Å².